The van der Waals surface area contributed by atoms with Crippen molar-refractivity contribution in [1.82, 2.24) is 25.3 Å². The van der Waals surface area contributed by atoms with Crippen molar-refractivity contribution in [3.05, 3.63) is 47.5 Å². The summed E-state index contributed by atoms with van der Waals surface area (Å²) in [6.07, 6.45) is 0.906. The van der Waals surface area contributed by atoms with Crippen molar-refractivity contribution in [2.75, 3.05) is 27.7 Å². The average molecular weight is 856 g/mol. The highest BCUT2D eigenvalue weighted by Gasteiger charge is 2.38. The molecule has 0 unspecified atom stereocenters. The third kappa shape index (κ3) is 15.0. The van der Waals surface area contributed by atoms with Gasteiger partial charge in [-0.15, -0.1) is 0 Å². The molecule has 0 aromatic heterocycles. The second-order valence-electron chi connectivity index (χ2n) is 17.1. The van der Waals surface area contributed by atoms with E-state index in [4.69, 9.17) is 9.47 Å². The fraction of sp³-hybridized carbons (Fsp3) is 0.674. The van der Waals surface area contributed by atoms with Crippen molar-refractivity contribution in [1.29, 1.82) is 0 Å². The monoisotopic (exact) mass is 856 g/mol. The lowest BCUT2D eigenvalue weighted by Crippen LogP contribution is -2.58. The van der Waals surface area contributed by atoms with Crippen LogP contribution in [-0.4, -0.2) is 131 Å². The predicted octanol–water partition coefficient (Wildman–Crippen LogP) is 4.05. The van der Waals surface area contributed by atoms with E-state index in [0.29, 0.717) is 25.7 Å². The van der Waals surface area contributed by atoms with Crippen LogP contribution in [0.1, 0.15) is 107 Å². The minimum atomic E-state index is -1.25. The molecular formula is C46H73N5O10. The molecule has 342 valence electrons. The molecule has 5 amide bonds. The lowest BCUT2D eigenvalue weighted by Gasteiger charge is -2.34. The number of amides is 5. The Morgan fingerprint density at radius 1 is 0.770 bits per heavy atom. The van der Waals surface area contributed by atoms with Gasteiger partial charge in [0.1, 0.15) is 30.3 Å². The number of ether oxygens (including phenoxy) is 2. The summed E-state index contributed by atoms with van der Waals surface area (Å²) in [7, 11) is 4.35. The van der Waals surface area contributed by atoms with Gasteiger partial charge in [-0.3, -0.25) is 24.0 Å². The number of benzene rings is 1. The molecule has 2 rings (SSSR count). The zero-order chi connectivity index (χ0) is 46.3. The van der Waals surface area contributed by atoms with Crippen molar-refractivity contribution in [2.45, 2.75) is 150 Å². The first-order valence-corrected chi connectivity index (χ1v) is 21.8. The molecule has 15 nitrogen and oxygen atoms in total. The highest BCUT2D eigenvalue weighted by atomic mass is 16.6. The number of esters is 2. The average Bonchev–Trinajstić information content (AvgIpc) is 3.25. The first kappa shape index (κ1) is 52.3. The van der Waals surface area contributed by atoms with Crippen molar-refractivity contribution < 1.29 is 48.1 Å². The molecule has 0 bridgehead atoms. The molecule has 1 aliphatic heterocycles. The largest absolute Gasteiger partial charge is 0.461 e. The van der Waals surface area contributed by atoms with Gasteiger partial charge in [-0.05, 0) is 63.4 Å². The van der Waals surface area contributed by atoms with Gasteiger partial charge < -0.3 is 39.9 Å². The highest BCUT2D eigenvalue weighted by Crippen LogP contribution is 2.25. The Balaban J connectivity index is 2.63. The molecule has 0 spiro atoms. The number of cyclic esters (lactones) is 2. The minimum Gasteiger partial charge on any atom is -0.461 e. The lowest BCUT2D eigenvalue weighted by atomic mass is 9.88. The summed E-state index contributed by atoms with van der Waals surface area (Å²) in [5.41, 5.74) is 0.920. The fourth-order valence-corrected chi connectivity index (χ4v) is 6.96. The number of aliphatic hydroxyl groups excluding tert-OH is 1. The van der Waals surface area contributed by atoms with Gasteiger partial charge >= 0.3 is 11.9 Å². The third-order valence-corrected chi connectivity index (χ3v) is 12.4. The molecule has 0 saturated heterocycles. The number of carbonyl (C=O) groups excluding carboxylic acids is 7. The van der Waals surface area contributed by atoms with E-state index in [-0.39, 0.29) is 36.2 Å². The van der Waals surface area contributed by atoms with E-state index in [0.717, 1.165) is 5.56 Å². The number of carbonyl (C=O) groups is 7. The maximum atomic E-state index is 14.2. The number of nitrogens with one attached hydrogen (secondary N) is 2. The van der Waals surface area contributed by atoms with Crippen LogP contribution in [-0.2, 0) is 49.5 Å². The normalized spacial score (nSPS) is 28.5. The van der Waals surface area contributed by atoms with Gasteiger partial charge in [0.05, 0.1) is 12.6 Å². The van der Waals surface area contributed by atoms with Crippen molar-refractivity contribution >= 4 is 41.5 Å². The molecule has 0 aliphatic carbocycles. The van der Waals surface area contributed by atoms with Gasteiger partial charge in [-0.1, -0.05) is 97.7 Å². The Bertz CT molecular complexity index is 1690. The van der Waals surface area contributed by atoms with Gasteiger partial charge in [0.15, 0.2) is 6.10 Å². The fourth-order valence-electron chi connectivity index (χ4n) is 6.96. The highest BCUT2D eigenvalue weighted by molar-refractivity contribution is 5.96. The van der Waals surface area contributed by atoms with E-state index in [1.54, 1.807) is 39.0 Å². The van der Waals surface area contributed by atoms with E-state index in [2.05, 4.69) is 10.6 Å². The van der Waals surface area contributed by atoms with Gasteiger partial charge in [0.25, 0.3) is 5.91 Å². The van der Waals surface area contributed by atoms with E-state index < -0.39 is 96.4 Å². The number of aliphatic hydroxyl groups is 1. The molecule has 1 aromatic rings. The molecule has 0 radical (unpaired) electrons. The number of nitrogens with zero attached hydrogens (tertiary/aromatic N) is 3. The van der Waals surface area contributed by atoms with E-state index in [9.17, 15) is 38.7 Å². The third-order valence-electron chi connectivity index (χ3n) is 12.4. The molecule has 0 saturated carbocycles. The number of hydrogen-bond acceptors (Lipinski definition) is 10. The molecule has 1 aliphatic rings. The quantitative estimate of drug-likeness (QED) is 0.322. The van der Waals surface area contributed by atoms with Crippen LogP contribution in [0, 0.1) is 23.7 Å². The Labute approximate surface area is 363 Å². The van der Waals surface area contributed by atoms with Crippen LogP contribution >= 0.6 is 0 Å². The van der Waals surface area contributed by atoms with Gasteiger partial charge in [-0.25, -0.2) is 9.59 Å². The minimum absolute atomic E-state index is 0.0791. The standard InChI is InChI=1S/C46H73N5O10/c1-14-27(4)37-24-31(8)36(52)23-22-30(7)45(58)61-40(29(6)16-3)41(54)47-32(9)42(55)51(13)35(25-34-20-18-17-19-21-34)43(56)49(11)26-38(53)48-39(28(5)15-2)44(57)50(12)33(10)46(59)60-37/h17-22,27-29,31-33,35-37,39-40,52H,14-16,23-26H2,1-13H3,(H,47,54)(H,48,53)/t27-,28+,29-,31+,32-,33-,35+,36-,37+,39-,40+/m0/s1. The maximum absolute atomic E-state index is 14.2. The Kier molecular flexibility index (Phi) is 21.1. The Morgan fingerprint density at radius 3 is 1.93 bits per heavy atom. The molecule has 11 atom stereocenters. The van der Waals surface area contributed by atoms with Gasteiger partial charge in [0, 0.05) is 39.1 Å². The van der Waals surface area contributed by atoms with E-state index >= 15 is 0 Å². The Hall–Kier alpha value is -4.79. The van der Waals surface area contributed by atoms with Crippen LogP contribution in [0.3, 0.4) is 0 Å². The first-order valence-electron chi connectivity index (χ1n) is 21.8. The van der Waals surface area contributed by atoms with Crippen LogP contribution in [0.4, 0.5) is 0 Å². The summed E-state index contributed by atoms with van der Waals surface area (Å²) in [5.74, 6) is -5.62. The molecule has 15 heteroatoms. The van der Waals surface area contributed by atoms with Crippen LogP contribution in [0.15, 0.2) is 42.0 Å². The van der Waals surface area contributed by atoms with Crippen LogP contribution < -0.4 is 10.6 Å². The second-order valence-corrected chi connectivity index (χ2v) is 17.1. The number of rotatable bonds is 8. The smallest absolute Gasteiger partial charge is 0.334 e. The van der Waals surface area contributed by atoms with E-state index in [1.165, 1.54) is 49.7 Å². The molecule has 3 N–H and O–H groups in total. The van der Waals surface area contributed by atoms with E-state index in [1.807, 2.05) is 52.8 Å². The summed E-state index contributed by atoms with van der Waals surface area (Å²) in [5, 5.41) is 16.7. The molecule has 0 fully saturated rings. The van der Waals surface area contributed by atoms with Gasteiger partial charge in [-0.2, -0.15) is 0 Å². The van der Waals surface area contributed by atoms with Crippen LogP contribution in [0.2, 0.25) is 0 Å². The van der Waals surface area contributed by atoms with Gasteiger partial charge in [0.2, 0.25) is 23.6 Å². The van der Waals surface area contributed by atoms with Crippen molar-refractivity contribution in [3.8, 4) is 0 Å². The second kappa shape index (κ2) is 24.6. The van der Waals surface area contributed by atoms with Crippen molar-refractivity contribution in [3.63, 3.8) is 0 Å². The lowest BCUT2D eigenvalue weighted by molar-refractivity contribution is -0.162. The summed E-state index contributed by atoms with van der Waals surface area (Å²) >= 11 is 0. The van der Waals surface area contributed by atoms with Crippen LogP contribution in [0.5, 0.6) is 0 Å². The first-order chi connectivity index (χ1) is 28.6. The summed E-state index contributed by atoms with van der Waals surface area (Å²) in [4.78, 5) is 100. The maximum Gasteiger partial charge on any atom is 0.334 e. The molecule has 61 heavy (non-hydrogen) atoms. The summed E-state index contributed by atoms with van der Waals surface area (Å²) in [6.45, 7) is 17.1. The molecule has 1 heterocycles. The molecule has 1 aromatic carbocycles. The topological polar surface area (TPSA) is 192 Å². The summed E-state index contributed by atoms with van der Waals surface area (Å²) < 4.78 is 11.8. The zero-order valence-corrected chi connectivity index (χ0v) is 38.7. The van der Waals surface area contributed by atoms with Crippen molar-refractivity contribution in [2.24, 2.45) is 23.7 Å². The SMILES string of the molecule is CC[C@@H](C)[C@@H]1NC(=O)CN(C)C(=O)[C@@H](Cc2ccccc2)N(C)C(=O)[C@H](C)NC(=O)[C@@H]([C@@H](C)CC)OC(=O)C(C)=CC[C@H](O)[C@H](C)C[C@H]([C@@H](C)CC)OC(=O)[C@H](C)N(C)C1=O. The van der Waals surface area contributed by atoms with Crippen LogP contribution in [0.25, 0.3) is 0 Å². The molecular weight excluding hydrogens is 783 g/mol. The zero-order valence-electron chi connectivity index (χ0n) is 38.7. The Morgan fingerprint density at radius 2 is 1.36 bits per heavy atom. The summed E-state index contributed by atoms with van der Waals surface area (Å²) in [6, 6.07) is 4.73. The predicted molar refractivity (Wildman–Crippen MR) is 232 cm³/mol. The number of likely N-dealkylation sites (N-methyl/N-ethyl adjacent to an activating group) is 3. The number of hydrogen-bond donors (Lipinski definition) is 3.